The second kappa shape index (κ2) is 2.51. The Morgan fingerprint density at radius 2 is 2.40 bits per heavy atom. The van der Waals surface area contributed by atoms with Crippen molar-refractivity contribution in [3.8, 4) is 0 Å². The molecule has 0 amide bonds. The van der Waals surface area contributed by atoms with Crippen molar-refractivity contribution >= 4 is 11.8 Å². The van der Waals surface area contributed by atoms with E-state index in [0.29, 0.717) is 6.54 Å². The number of Topliss-reactive ketones (excluding diaryl/α,β-unsaturated/α-hetero) is 1. The summed E-state index contributed by atoms with van der Waals surface area (Å²) in [5.41, 5.74) is -0.147. The molecule has 0 fully saturated rings. The normalized spacial score (nSPS) is 17.6. The lowest BCUT2D eigenvalue weighted by atomic mass is 10.1. The van der Waals surface area contributed by atoms with Crippen molar-refractivity contribution in [2.24, 2.45) is 0 Å². The largest absolute Gasteiger partial charge is 0.478 e. The molecule has 2 N–H and O–H groups in total. The van der Waals surface area contributed by atoms with Gasteiger partial charge < -0.3 is 10.4 Å². The van der Waals surface area contributed by atoms with Crippen LogP contribution in [0.15, 0.2) is 11.8 Å². The number of carbonyl (C=O) groups excluding carboxylic acids is 1. The second-order valence-corrected chi connectivity index (χ2v) is 1.99. The smallest absolute Gasteiger partial charge is 0.340 e. The molecule has 0 unspecified atom stereocenters. The number of ketones is 1. The lowest BCUT2D eigenvalue weighted by Crippen LogP contribution is -2.25. The molecule has 0 spiro atoms. The monoisotopic (exact) mass is 141 g/mol. The molecule has 0 saturated heterocycles. The van der Waals surface area contributed by atoms with Crippen LogP contribution in [0, 0.1) is 0 Å². The van der Waals surface area contributed by atoms with Crippen LogP contribution in [-0.4, -0.2) is 23.4 Å². The first kappa shape index (κ1) is 6.80. The molecule has 0 radical (unpaired) electrons. The molecule has 0 saturated carbocycles. The van der Waals surface area contributed by atoms with Gasteiger partial charge in [-0.05, 0) is 0 Å². The van der Waals surface area contributed by atoms with Crippen molar-refractivity contribution in [3.63, 3.8) is 0 Å². The number of hydrogen-bond donors (Lipinski definition) is 2. The topological polar surface area (TPSA) is 66.4 Å². The number of carbonyl (C=O) groups is 2. The van der Waals surface area contributed by atoms with Gasteiger partial charge in [0.05, 0.1) is 0 Å². The van der Waals surface area contributed by atoms with E-state index in [4.69, 9.17) is 5.11 Å². The summed E-state index contributed by atoms with van der Waals surface area (Å²) in [7, 11) is 0. The minimum Gasteiger partial charge on any atom is -0.478 e. The Balaban J connectivity index is 2.81. The first-order chi connectivity index (χ1) is 4.72. The van der Waals surface area contributed by atoms with Crippen molar-refractivity contribution in [2.75, 3.05) is 6.54 Å². The summed E-state index contributed by atoms with van der Waals surface area (Å²) >= 11 is 0. The highest BCUT2D eigenvalue weighted by Gasteiger charge is 2.18. The van der Waals surface area contributed by atoms with Crippen LogP contribution in [0.1, 0.15) is 6.42 Å². The van der Waals surface area contributed by atoms with E-state index in [1.807, 2.05) is 0 Å². The van der Waals surface area contributed by atoms with Crippen LogP contribution in [-0.2, 0) is 9.59 Å². The molecule has 1 aliphatic rings. The molecule has 4 heteroatoms. The SMILES string of the molecule is O=C(O)C1=CNCCC1=O. The maximum atomic E-state index is 10.7. The van der Waals surface area contributed by atoms with Gasteiger partial charge in [-0.1, -0.05) is 0 Å². The van der Waals surface area contributed by atoms with E-state index in [-0.39, 0.29) is 17.8 Å². The first-order valence-corrected chi connectivity index (χ1v) is 2.92. The molecule has 1 aliphatic heterocycles. The predicted octanol–water partition coefficient (Wildman–Crippen LogP) is -0.483. The molecule has 1 rings (SSSR count). The van der Waals surface area contributed by atoms with E-state index in [1.165, 1.54) is 6.20 Å². The fourth-order valence-corrected chi connectivity index (χ4v) is 0.756. The zero-order chi connectivity index (χ0) is 7.56. The minimum absolute atomic E-state index is 0.147. The standard InChI is InChI=1S/C6H7NO3/c8-5-1-2-7-3-4(5)6(9)10/h3,7H,1-2H2,(H,9,10). The third-order valence-corrected chi connectivity index (χ3v) is 1.27. The quantitative estimate of drug-likeness (QED) is 0.484. The molecule has 0 aliphatic carbocycles. The van der Waals surface area contributed by atoms with E-state index < -0.39 is 5.97 Å². The van der Waals surface area contributed by atoms with Gasteiger partial charge in [0, 0.05) is 19.2 Å². The number of aliphatic carboxylic acids is 1. The van der Waals surface area contributed by atoms with Crippen LogP contribution >= 0.6 is 0 Å². The second-order valence-electron chi connectivity index (χ2n) is 1.99. The predicted molar refractivity (Wildman–Crippen MR) is 33.3 cm³/mol. The highest BCUT2D eigenvalue weighted by atomic mass is 16.4. The summed E-state index contributed by atoms with van der Waals surface area (Å²) in [6.07, 6.45) is 1.52. The Morgan fingerprint density at radius 1 is 1.70 bits per heavy atom. The van der Waals surface area contributed by atoms with Crippen molar-refractivity contribution in [2.45, 2.75) is 6.42 Å². The number of carboxylic acid groups (broad SMARTS) is 1. The summed E-state index contributed by atoms with van der Waals surface area (Å²) in [5, 5.41) is 11.1. The minimum atomic E-state index is -1.16. The summed E-state index contributed by atoms with van der Waals surface area (Å²) in [4.78, 5) is 21.0. The van der Waals surface area contributed by atoms with Crippen LogP contribution in [0.2, 0.25) is 0 Å². The van der Waals surface area contributed by atoms with Gasteiger partial charge in [0.25, 0.3) is 0 Å². The molecule has 1 heterocycles. The molecular weight excluding hydrogens is 134 g/mol. The summed E-state index contributed by atoms with van der Waals surface area (Å²) in [5.74, 6) is -1.46. The van der Waals surface area contributed by atoms with Gasteiger partial charge in [-0.15, -0.1) is 0 Å². The molecule has 0 bridgehead atoms. The van der Waals surface area contributed by atoms with Crippen LogP contribution in [0.4, 0.5) is 0 Å². The van der Waals surface area contributed by atoms with Crippen molar-refractivity contribution in [1.29, 1.82) is 0 Å². The highest BCUT2D eigenvalue weighted by Crippen LogP contribution is 2.02. The average Bonchev–Trinajstić information content (AvgIpc) is 1.88. The van der Waals surface area contributed by atoms with Gasteiger partial charge in [-0.25, -0.2) is 4.79 Å². The number of nitrogens with one attached hydrogen (secondary N) is 1. The van der Waals surface area contributed by atoms with Gasteiger partial charge in [0.1, 0.15) is 5.57 Å². The Hall–Kier alpha value is -1.32. The Bertz CT molecular complexity index is 207. The van der Waals surface area contributed by atoms with E-state index in [1.54, 1.807) is 0 Å². The number of rotatable bonds is 1. The van der Waals surface area contributed by atoms with Crippen molar-refractivity contribution in [3.05, 3.63) is 11.8 Å². The molecule has 0 aromatic carbocycles. The van der Waals surface area contributed by atoms with Crippen LogP contribution in [0.3, 0.4) is 0 Å². The third kappa shape index (κ3) is 1.15. The molecule has 4 nitrogen and oxygen atoms in total. The van der Waals surface area contributed by atoms with E-state index in [9.17, 15) is 9.59 Å². The van der Waals surface area contributed by atoms with E-state index in [2.05, 4.69) is 5.32 Å². The van der Waals surface area contributed by atoms with Crippen LogP contribution in [0.25, 0.3) is 0 Å². The lowest BCUT2D eigenvalue weighted by Gasteiger charge is -2.08. The van der Waals surface area contributed by atoms with Gasteiger partial charge in [0.2, 0.25) is 0 Å². The van der Waals surface area contributed by atoms with E-state index >= 15 is 0 Å². The summed E-state index contributed by atoms with van der Waals surface area (Å²) in [6.45, 7) is 0.537. The van der Waals surface area contributed by atoms with Crippen molar-refractivity contribution < 1.29 is 14.7 Å². The summed E-state index contributed by atoms with van der Waals surface area (Å²) < 4.78 is 0. The lowest BCUT2D eigenvalue weighted by molar-refractivity contribution is -0.134. The average molecular weight is 141 g/mol. The number of carboxylic acids is 1. The third-order valence-electron chi connectivity index (χ3n) is 1.27. The molecule has 0 aromatic rings. The van der Waals surface area contributed by atoms with Gasteiger partial charge in [0.15, 0.2) is 5.78 Å². The van der Waals surface area contributed by atoms with Gasteiger partial charge in [-0.2, -0.15) is 0 Å². The summed E-state index contributed by atoms with van der Waals surface area (Å²) in [6, 6.07) is 0. The fraction of sp³-hybridized carbons (Fsp3) is 0.333. The van der Waals surface area contributed by atoms with Crippen molar-refractivity contribution in [1.82, 2.24) is 5.32 Å². The van der Waals surface area contributed by atoms with Gasteiger partial charge >= 0.3 is 5.97 Å². The maximum absolute atomic E-state index is 10.7. The maximum Gasteiger partial charge on any atom is 0.340 e. The number of hydrogen-bond acceptors (Lipinski definition) is 3. The zero-order valence-electron chi connectivity index (χ0n) is 5.26. The molecular formula is C6H7NO3. The highest BCUT2D eigenvalue weighted by molar-refractivity contribution is 6.16. The first-order valence-electron chi connectivity index (χ1n) is 2.92. The molecule has 0 atom stereocenters. The van der Waals surface area contributed by atoms with Crippen LogP contribution in [0.5, 0.6) is 0 Å². The Labute approximate surface area is 57.5 Å². The molecule has 10 heavy (non-hydrogen) atoms. The zero-order valence-corrected chi connectivity index (χ0v) is 5.26. The fourth-order valence-electron chi connectivity index (χ4n) is 0.756. The molecule has 0 aromatic heterocycles. The van der Waals surface area contributed by atoms with Gasteiger partial charge in [-0.3, -0.25) is 4.79 Å². The molecule has 54 valence electrons. The van der Waals surface area contributed by atoms with E-state index in [0.717, 1.165) is 0 Å². The Morgan fingerprint density at radius 3 is 2.80 bits per heavy atom. The van der Waals surface area contributed by atoms with Crippen LogP contribution < -0.4 is 5.32 Å². The Kier molecular flexibility index (Phi) is 1.71.